The molecule has 1 amide bonds. The molecule has 0 aliphatic heterocycles. The first-order valence-corrected chi connectivity index (χ1v) is 6.13. The van der Waals surface area contributed by atoms with Gasteiger partial charge < -0.3 is 10.6 Å². The van der Waals surface area contributed by atoms with Gasteiger partial charge in [0.15, 0.2) is 0 Å². The van der Waals surface area contributed by atoms with Crippen molar-refractivity contribution in [3.8, 4) is 0 Å². The van der Waals surface area contributed by atoms with Crippen LogP contribution in [0.25, 0.3) is 0 Å². The van der Waals surface area contributed by atoms with Crippen molar-refractivity contribution in [1.29, 1.82) is 0 Å². The first kappa shape index (κ1) is 13.4. The highest BCUT2D eigenvalue weighted by atomic mass is 35.5. The average Bonchev–Trinajstić information content (AvgIpc) is 2.36. The van der Waals surface area contributed by atoms with Gasteiger partial charge in [-0.05, 0) is 30.7 Å². The molecule has 1 heterocycles. The Morgan fingerprint density at radius 3 is 2.63 bits per heavy atom. The van der Waals surface area contributed by atoms with E-state index in [4.69, 9.17) is 17.3 Å². The number of benzene rings is 1. The van der Waals surface area contributed by atoms with E-state index in [-0.39, 0.29) is 16.9 Å². The van der Waals surface area contributed by atoms with Crippen LogP contribution in [0.1, 0.15) is 15.9 Å². The number of hydrogen-bond donors (Lipinski definition) is 1. The van der Waals surface area contributed by atoms with E-state index in [2.05, 4.69) is 4.98 Å². The summed E-state index contributed by atoms with van der Waals surface area (Å²) < 4.78 is 0. The van der Waals surface area contributed by atoms with Gasteiger partial charge >= 0.3 is 0 Å². The lowest BCUT2D eigenvalue weighted by atomic mass is 10.1. The van der Waals surface area contributed by atoms with Crippen LogP contribution < -0.4 is 10.6 Å². The maximum Gasteiger partial charge on any atom is 0.258 e. The molecule has 0 unspecified atom stereocenters. The topological polar surface area (TPSA) is 59.2 Å². The fraction of sp³-hybridized carbons (Fsp3) is 0.143. The number of aryl methyl sites for hydroxylation is 1. The Labute approximate surface area is 116 Å². The van der Waals surface area contributed by atoms with Crippen LogP contribution in [0, 0.1) is 6.92 Å². The molecule has 1 aromatic heterocycles. The van der Waals surface area contributed by atoms with Gasteiger partial charge in [0.25, 0.3) is 5.91 Å². The monoisotopic (exact) mass is 275 g/mol. The van der Waals surface area contributed by atoms with Crippen molar-refractivity contribution in [3.05, 3.63) is 52.7 Å². The van der Waals surface area contributed by atoms with Crippen LogP contribution in [-0.2, 0) is 0 Å². The lowest BCUT2D eigenvalue weighted by molar-refractivity contribution is 0.0993. The molecular formula is C14H14ClN3O. The molecule has 1 aromatic carbocycles. The SMILES string of the molecule is Cc1ccccc1N(C)C(=O)c1cc(N)nc(Cl)c1. The summed E-state index contributed by atoms with van der Waals surface area (Å²) in [5.74, 6) is 0.0549. The normalized spacial score (nSPS) is 10.3. The smallest absolute Gasteiger partial charge is 0.258 e. The second-order valence-electron chi connectivity index (χ2n) is 4.25. The standard InChI is InChI=1S/C14H14ClN3O/c1-9-5-3-4-6-11(9)18(2)14(19)10-7-12(15)17-13(16)8-10/h3-8H,1-2H3,(H2,16,17). The number of aromatic nitrogens is 1. The predicted molar refractivity (Wildman–Crippen MR) is 77.6 cm³/mol. The molecule has 2 aromatic rings. The third-order valence-electron chi connectivity index (χ3n) is 2.84. The van der Waals surface area contributed by atoms with E-state index >= 15 is 0 Å². The Kier molecular flexibility index (Phi) is 3.71. The number of nitrogens with two attached hydrogens (primary N) is 1. The van der Waals surface area contributed by atoms with E-state index in [0.717, 1.165) is 11.3 Å². The average molecular weight is 276 g/mol. The first-order valence-electron chi connectivity index (χ1n) is 5.76. The molecule has 0 bridgehead atoms. The molecule has 0 spiro atoms. The fourth-order valence-corrected chi connectivity index (χ4v) is 2.10. The molecule has 0 fully saturated rings. The number of amides is 1. The summed E-state index contributed by atoms with van der Waals surface area (Å²) in [6.07, 6.45) is 0. The maximum absolute atomic E-state index is 12.4. The van der Waals surface area contributed by atoms with Crippen molar-refractivity contribution in [2.24, 2.45) is 0 Å². The second kappa shape index (κ2) is 5.28. The number of carbonyl (C=O) groups is 1. The van der Waals surface area contributed by atoms with Gasteiger partial charge in [0, 0.05) is 18.3 Å². The van der Waals surface area contributed by atoms with Gasteiger partial charge in [0.05, 0.1) is 0 Å². The lowest BCUT2D eigenvalue weighted by Gasteiger charge is -2.19. The first-order chi connectivity index (χ1) is 8.99. The highest BCUT2D eigenvalue weighted by Gasteiger charge is 2.16. The summed E-state index contributed by atoms with van der Waals surface area (Å²) in [6.45, 7) is 1.95. The number of halogens is 1. The highest BCUT2D eigenvalue weighted by Crippen LogP contribution is 2.21. The minimum Gasteiger partial charge on any atom is -0.384 e. The summed E-state index contributed by atoms with van der Waals surface area (Å²) in [5, 5.41) is 0.210. The van der Waals surface area contributed by atoms with E-state index in [1.54, 1.807) is 11.9 Å². The zero-order valence-corrected chi connectivity index (χ0v) is 11.5. The number of hydrogen-bond acceptors (Lipinski definition) is 3. The summed E-state index contributed by atoms with van der Waals surface area (Å²) >= 11 is 5.81. The van der Waals surface area contributed by atoms with Gasteiger partial charge in [-0.2, -0.15) is 0 Å². The quantitative estimate of drug-likeness (QED) is 0.858. The van der Waals surface area contributed by atoms with Crippen LogP contribution in [0.15, 0.2) is 36.4 Å². The number of rotatable bonds is 2. The van der Waals surface area contributed by atoms with E-state index in [1.165, 1.54) is 12.1 Å². The van der Waals surface area contributed by atoms with Crippen molar-refractivity contribution >= 4 is 29.0 Å². The summed E-state index contributed by atoms with van der Waals surface area (Å²) in [5.41, 5.74) is 7.89. The summed E-state index contributed by atoms with van der Waals surface area (Å²) in [7, 11) is 1.72. The summed E-state index contributed by atoms with van der Waals surface area (Å²) in [6, 6.07) is 10.7. The lowest BCUT2D eigenvalue weighted by Crippen LogP contribution is -2.27. The molecule has 98 valence electrons. The molecule has 0 saturated carbocycles. The third kappa shape index (κ3) is 2.85. The number of nitrogen functional groups attached to an aromatic ring is 1. The van der Waals surface area contributed by atoms with Crippen molar-refractivity contribution in [3.63, 3.8) is 0 Å². The summed E-state index contributed by atoms with van der Waals surface area (Å²) in [4.78, 5) is 17.8. The Balaban J connectivity index is 2.36. The number of carbonyl (C=O) groups excluding carboxylic acids is 1. The van der Waals surface area contributed by atoms with Gasteiger partial charge in [-0.3, -0.25) is 4.79 Å². The zero-order chi connectivity index (χ0) is 14.0. The van der Waals surface area contributed by atoms with Crippen molar-refractivity contribution in [2.75, 3.05) is 17.7 Å². The van der Waals surface area contributed by atoms with E-state index < -0.39 is 0 Å². The number of para-hydroxylation sites is 1. The molecular weight excluding hydrogens is 262 g/mol. The van der Waals surface area contributed by atoms with Gasteiger partial charge in [0.2, 0.25) is 0 Å². The Morgan fingerprint density at radius 1 is 1.32 bits per heavy atom. The van der Waals surface area contributed by atoms with Crippen molar-refractivity contribution < 1.29 is 4.79 Å². The van der Waals surface area contributed by atoms with Crippen LogP contribution in [0.4, 0.5) is 11.5 Å². The van der Waals surface area contributed by atoms with Crippen molar-refractivity contribution in [2.45, 2.75) is 6.92 Å². The van der Waals surface area contributed by atoms with Crippen LogP contribution in [-0.4, -0.2) is 17.9 Å². The molecule has 4 nitrogen and oxygen atoms in total. The molecule has 2 N–H and O–H groups in total. The van der Waals surface area contributed by atoms with Crippen LogP contribution in [0.2, 0.25) is 5.15 Å². The van der Waals surface area contributed by atoms with Crippen molar-refractivity contribution in [1.82, 2.24) is 4.98 Å². The predicted octanol–water partition coefficient (Wildman–Crippen LogP) is 2.90. The van der Waals surface area contributed by atoms with Crippen LogP contribution >= 0.6 is 11.6 Å². The maximum atomic E-state index is 12.4. The Hall–Kier alpha value is -2.07. The minimum atomic E-state index is -0.176. The van der Waals surface area contributed by atoms with Gasteiger partial charge in [-0.25, -0.2) is 4.98 Å². The molecule has 19 heavy (non-hydrogen) atoms. The van der Waals surface area contributed by atoms with Crippen LogP contribution in [0.5, 0.6) is 0 Å². The molecule has 0 aliphatic carbocycles. The van der Waals surface area contributed by atoms with E-state index in [0.29, 0.717) is 5.56 Å². The molecule has 0 saturated heterocycles. The molecule has 5 heteroatoms. The molecule has 0 aliphatic rings. The number of pyridine rings is 1. The zero-order valence-electron chi connectivity index (χ0n) is 10.7. The third-order valence-corrected chi connectivity index (χ3v) is 3.04. The fourth-order valence-electron chi connectivity index (χ4n) is 1.88. The largest absolute Gasteiger partial charge is 0.384 e. The van der Waals surface area contributed by atoms with Gasteiger partial charge in [0.1, 0.15) is 11.0 Å². The Bertz CT molecular complexity index is 608. The second-order valence-corrected chi connectivity index (χ2v) is 4.64. The number of anilines is 2. The van der Waals surface area contributed by atoms with Gasteiger partial charge in [-0.1, -0.05) is 29.8 Å². The molecule has 2 rings (SSSR count). The Morgan fingerprint density at radius 2 is 2.00 bits per heavy atom. The highest BCUT2D eigenvalue weighted by molar-refractivity contribution is 6.30. The van der Waals surface area contributed by atoms with Crippen LogP contribution in [0.3, 0.4) is 0 Å². The van der Waals surface area contributed by atoms with E-state index in [1.807, 2.05) is 31.2 Å². The van der Waals surface area contributed by atoms with Gasteiger partial charge in [-0.15, -0.1) is 0 Å². The number of nitrogens with zero attached hydrogens (tertiary/aromatic N) is 2. The minimum absolute atomic E-state index is 0.176. The molecule has 0 radical (unpaired) electrons. The molecule has 0 atom stereocenters. The van der Waals surface area contributed by atoms with E-state index in [9.17, 15) is 4.79 Å².